The summed E-state index contributed by atoms with van der Waals surface area (Å²) in [6.45, 7) is 4.10. The summed E-state index contributed by atoms with van der Waals surface area (Å²) < 4.78 is 0. The van der Waals surface area contributed by atoms with Gasteiger partial charge in [0, 0.05) is 22.4 Å². The molecule has 2 aromatic carbocycles. The molecule has 0 heterocycles. The molecule has 0 bridgehead atoms. The summed E-state index contributed by atoms with van der Waals surface area (Å²) in [6.07, 6.45) is 0. The Morgan fingerprint density at radius 1 is 1.19 bits per heavy atom. The smallest absolute Gasteiger partial charge is 0.316 e. The molecule has 0 aliphatic rings. The first kappa shape index (κ1) is 15.2. The molecule has 4 nitrogen and oxygen atoms in total. The summed E-state index contributed by atoms with van der Waals surface area (Å²) in [5.41, 5.74) is 9.01. The SMILES string of the molecule is Cc1ccc(Cl)cc1NC(C)c1ccc(NC(N)=O)cc1. The Kier molecular flexibility index (Phi) is 4.70. The van der Waals surface area contributed by atoms with Gasteiger partial charge in [-0.3, -0.25) is 0 Å². The van der Waals surface area contributed by atoms with Gasteiger partial charge in [0.05, 0.1) is 0 Å². The number of hydrogen-bond acceptors (Lipinski definition) is 2. The number of anilines is 2. The summed E-state index contributed by atoms with van der Waals surface area (Å²) >= 11 is 6.02. The van der Waals surface area contributed by atoms with Crippen LogP contribution in [0.3, 0.4) is 0 Å². The maximum atomic E-state index is 10.8. The zero-order chi connectivity index (χ0) is 15.4. The van der Waals surface area contributed by atoms with Crippen molar-refractivity contribution in [3.8, 4) is 0 Å². The first-order chi connectivity index (χ1) is 9.95. The van der Waals surface area contributed by atoms with Crippen molar-refractivity contribution in [3.63, 3.8) is 0 Å². The van der Waals surface area contributed by atoms with Gasteiger partial charge in [0.1, 0.15) is 0 Å². The largest absolute Gasteiger partial charge is 0.378 e. The quantitative estimate of drug-likeness (QED) is 0.787. The van der Waals surface area contributed by atoms with Gasteiger partial charge >= 0.3 is 6.03 Å². The molecule has 0 spiro atoms. The molecule has 1 atom stereocenters. The second kappa shape index (κ2) is 6.50. The highest BCUT2D eigenvalue weighted by atomic mass is 35.5. The lowest BCUT2D eigenvalue weighted by molar-refractivity contribution is 0.259. The van der Waals surface area contributed by atoms with Crippen LogP contribution in [0.25, 0.3) is 0 Å². The summed E-state index contributed by atoms with van der Waals surface area (Å²) in [4.78, 5) is 10.8. The fraction of sp³-hybridized carbons (Fsp3) is 0.188. The molecule has 110 valence electrons. The van der Waals surface area contributed by atoms with Crippen molar-refractivity contribution in [1.29, 1.82) is 0 Å². The van der Waals surface area contributed by atoms with Crippen molar-refractivity contribution in [2.45, 2.75) is 19.9 Å². The highest BCUT2D eigenvalue weighted by molar-refractivity contribution is 6.30. The molecule has 0 saturated carbocycles. The summed E-state index contributed by atoms with van der Waals surface area (Å²) in [7, 11) is 0. The van der Waals surface area contributed by atoms with E-state index < -0.39 is 6.03 Å². The minimum atomic E-state index is -0.566. The van der Waals surface area contributed by atoms with E-state index >= 15 is 0 Å². The Bertz CT molecular complexity index is 640. The van der Waals surface area contributed by atoms with Gasteiger partial charge in [0.2, 0.25) is 0 Å². The van der Waals surface area contributed by atoms with Gasteiger partial charge in [-0.2, -0.15) is 0 Å². The summed E-state index contributed by atoms with van der Waals surface area (Å²) in [5, 5.41) is 6.67. The number of hydrogen-bond donors (Lipinski definition) is 3. The fourth-order valence-electron chi connectivity index (χ4n) is 2.06. The number of amides is 2. The van der Waals surface area contributed by atoms with Gasteiger partial charge in [-0.15, -0.1) is 0 Å². The second-order valence-corrected chi connectivity index (χ2v) is 5.37. The van der Waals surface area contributed by atoms with E-state index in [4.69, 9.17) is 17.3 Å². The molecule has 21 heavy (non-hydrogen) atoms. The molecular weight excluding hydrogens is 286 g/mol. The predicted octanol–water partition coefficient (Wildman–Crippen LogP) is 4.31. The van der Waals surface area contributed by atoms with Gasteiger partial charge in [-0.1, -0.05) is 29.8 Å². The van der Waals surface area contributed by atoms with E-state index in [2.05, 4.69) is 17.6 Å². The highest BCUT2D eigenvalue weighted by Crippen LogP contribution is 2.25. The minimum Gasteiger partial charge on any atom is -0.378 e. The normalized spacial score (nSPS) is 11.8. The van der Waals surface area contributed by atoms with Crippen LogP contribution in [0.2, 0.25) is 5.02 Å². The number of nitrogens with one attached hydrogen (secondary N) is 2. The van der Waals surface area contributed by atoms with Crippen molar-refractivity contribution in [3.05, 3.63) is 58.6 Å². The van der Waals surface area contributed by atoms with Crippen molar-refractivity contribution >= 4 is 29.0 Å². The molecule has 5 heteroatoms. The number of aryl methyl sites for hydroxylation is 1. The van der Waals surface area contributed by atoms with Crippen molar-refractivity contribution in [2.75, 3.05) is 10.6 Å². The number of primary amides is 1. The lowest BCUT2D eigenvalue weighted by atomic mass is 10.1. The van der Waals surface area contributed by atoms with Gasteiger partial charge in [0.25, 0.3) is 0 Å². The monoisotopic (exact) mass is 303 g/mol. The third-order valence-corrected chi connectivity index (χ3v) is 3.48. The lowest BCUT2D eigenvalue weighted by Gasteiger charge is -2.18. The average molecular weight is 304 g/mol. The maximum absolute atomic E-state index is 10.8. The van der Waals surface area contributed by atoms with Crippen LogP contribution in [-0.2, 0) is 0 Å². The van der Waals surface area contributed by atoms with E-state index in [-0.39, 0.29) is 6.04 Å². The van der Waals surface area contributed by atoms with Gasteiger partial charge in [0.15, 0.2) is 0 Å². The van der Waals surface area contributed by atoms with Crippen molar-refractivity contribution in [2.24, 2.45) is 5.73 Å². The number of carbonyl (C=O) groups excluding carboxylic acids is 1. The second-order valence-electron chi connectivity index (χ2n) is 4.94. The van der Waals surface area contributed by atoms with Crippen LogP contribution in [0.1, 0.15) is 24.1 Å². The molecule has 2 amide bonds. The van der Waals surface area contributed by atoms with Gasteiger partial charge in [-0.05, 0) is 49.2 Å². The van der Waals surface area contributed by atoms with Gasteiger partial charge in [-0.25, -0.2) is 4.79 Å². The molecule has 4 N–H and O–H groups in total. The lowest BCUT2D eigenvalue weighted by Crippen LogP contribution is -2.19. The van der Waals surface area contributed by atoms with Crippen LogP contribution >= 0.6 is 11.6 Å². The summed E-state index contributed by atoms with van der Waals surface area (Å²) in [5.74, 6) is 0. The van der Waals surface area contributed by atoms with Crippen LogP contribution in [-0.4, -0.2) is 6.03 Å². The Balaban J connectivity index is 2.11. The third-order valence-electron chi connectivity index (χ3n) is 3.25. The fourth-order valence-corrected chi connectivity index (χ4v) is 2.24. The third kappa shape index (κ3) is 4.13. The van der Waals surface area contributed by atoms with Crippen LogP contribution in [0, 0.1) is 6.92 Å². The zero-order valence-electron chi connectivity index (χ0n) is 12.0. The molecule has 0 fully saturated rings. The van der Waals surface area contributed by atoms with E-state index in [9.17, 15) is 4.79 Å². The number of urea groups is 1. The van der Waals surface area contributed by atoms with E-state index in [0.717, 1.165) is 16.8 Å². The first-order valence-corrected chi connectivity index (χ1v) is 7.02. The Morgan fingerprint density at radius 3 is 2.48 bits per heavy atom. The van der Waals surface area contributed by atoms with Crippen LogP contribution in [0.5, 0.6) is 0 Å². The Morgan fingerprint density at radius 2 is 1.86 bits per heavy atom. The van der Waals surface area contributed by atoms with E-state index in [1.54, 1.807) is 0 Å². The van der Waals surface area contributed by atoms with Crippen LogP contribution in [0.15, 0.2) is 42.5 Å². The van der Waals surface area contributed by atoms with Crippen molar-refractivity contribution < 1.29 is 4.79 Å². The molecule has 0 radical (unpaired) electrons. The predicted molar refractivity (Wildman–Crippen MR) is 87.9 cm³/mol. The van der Waals surface area contributed by atoms with E-state index in [1.807, 2.05) is 49.4 Å². The molecule has 2 rings (SSSR count). The number of halogens is 1. The Labute approximate surface area is 129 Å². The molecule has 0 aliphatic carbocycles. The average Bonchev–Trinajstić information content (AvgIpc) is 2.43. The maximum Gasteiger partial charge on any atom is 0.316 e. The molecule has 1 unspecified atom stereocenters. The highest BCUT2D eigenvalue weighted by Gasteiger charge is 2.08. The molecule has 0 aromatic heterocycles. The number of carbonyl (C=O) groups is 1. The standard InChI is InChI=1S/C16H18ClN3O/c1-10-3-6-13(17)9-15(10)19-11(2)12-4-7-14(8-5-12)20-16(18)21/h3-9,11,19H,1-2H3,(H3,18,20,21). The molecular formula is C16H18ClN3O. The number of benzene rings is 2. The summed E-state index contributed by atoms with van der Waals surface area (Å²) in [6, 6.07) is 12.9. The number of rotatable bonds is 4. The van der Waals surface area contributed by atoms with Gasteiger partial charge < -0.3 is 16.4 Å². The number of nitrogens with two attached hydrogens (primary N) is 1. The molecule has 2 aromatic rings. The van der Waals surface area contributed by atoms with E-state index in [0.29, 0.717) is 10.7 Å². The minimum absolute atomic E-state index is 0.116. The Hall–Kier alpha value is -2.20. The van der Waals surface area contributed by atoms with Crippen molar-refractivity contribution in [1.82, 2.24) is 0 Å². The van der Waals surface area contributed by atoms with E-state index in [1.165, 1.54) is 0 Å². The topological polar surface area (TPSA) is 67.2 Å². The molecule has 0 aliphatic heterocycles. The molecule has 0 saturated heterocycles. The zero-order valence-corrected chi connectivity index (χ0v) is 12.7. The van der Waals surface area contributed by atoms with Crippen LogP contribution < -0.4 is 16.4 Å². The first-order valence-electron chi connectivity index (χ1n) is 6.65. The van der Waals surface area contributed by atoms with Crippen LogP contribution in [0.4, 0.5) is 16.2 Å².